The van der Waals surface area contributed by atoms with Crippen LogP contribution in [0, 0.1) is 0 Å². The first kappa shape index (κ1) is 19.0. The van der Waals surface area contributed by atoms with Crippen LogP contribution >= 0.6 is 0 Å². The Balaban J connectivity index is 1.55. The second-order valence-electron chi connectivity index (χ2n) is 6.65. The van der Waals surface area contributed by atoms with Gasteiger partial charge in [-0.3, -0.25) is 5.32 Å². The second-order valence-corrected chi connectivity index (χ2v) is 8.18. The van der Waals surface area contributed by atoms with Gasteiger partial charge in [0.1, 0.15) is 22.9 Å². The number of sulfonamides is 1. The fraction of sp³-hybridized carbons (Fsp3) is 0.0952. The Morgan fingerprint density at radius 2 is 1.55 bits per heavy atom. The molecule has 3 aromatic carbocycles. The first-order valence-electron chi connectivity index (χ1n) is 8.83. The van der Waals surface area contributed by atoms with Crippen LogP contribution in [-0.2, 0) is 14.8 Å². The van der Waals surface area contributed by atoms with Crippen LogP contribution in [0.2, 0.25) is 0 Å². The van der Waals surface area contributed by atoms with E-state index in [2.05, 4.69) is 5.32 Å². The van der Waals surface area contributed by atoms with Gasteiger partial charge in [0.25, 0.3) is 0 Å². The molecular formula is C21H18N2O5S. The molecule has 1 amide bonds. The van der Waals surface area contributed by atoms with Crippen LogP contribution in [0.3, 0.4) is 0 Å². The number of amides is 1. The number of carbonyl (C=O) groups is 1. The molecule has 0 saturated heterocycles. The number of primary sulfonamides is 1. The third kappa shape index (κ3) is 3.55. The zero-order valence-corrected chi connectivity index (χ0v) is 16.0. The fourth-order valence-corrected chi connectivity index (χ4v) is 4.33. The third-order valence-electron chi connectivity index (χ3n) is 4.88. The maximum absolute atomic E-state index is 12.3. The van der Waals surface area contributed by atoms with Crippen molar-refractivity contribution in [3.8, 4) is 16.9 Å². The van der Waals surface area contributed by atoms with Crippen LogP contribution in [-0.4, -0.2) is 26.2 Å². The molecule has 0 aliphatic heterocycles. The monoisotopic (exact) mass is 410 g/mol. The number of ether oxygens (including phenoxy) is 1. The van der Waals surface area contributed by atoms with Crippen molar-refractivity contribution in [3.63, 3.8) is 0 Å². The minimum absolute atomic E-state index is 0.0537. The molecule has 3 aromatic rings. The van der Waals surface area contributed by atoms with Gasteiger partial charge in [-0.25, -0.2) is 18.4 Å². The molecule has 1 aliphatic rings. The average molecular weight is 410 g/mol. The molecule has 29 heavy (non-hydrogen) atoms. The molecule has 0 fully saturated rings. The first-order valence-corrected chi connectivity index (χ1v) is 10.4. The van der Waals surface area contributed by atoms with Crippen molar-refractivity contribution in [2.24, 2.45) is 5.14 Å². The Morgan fingerprint density at radius 1 is 0.966 bits per heavy atom. The van der Waals surface area contributed by atoms with Crippen molar-refractivity contribution in [1.82, 2.24) is 0 Å². The molecule has 4 rings (SSSR count). The predicted octanol–water partition coefficient (Wildman–Crippen LogP) is 3.40. The van der Waals surface area contributed by atoms with Crippen LogP contribution in [0.15, 0.2) is 71.6 Å². The normalized spacial score (nSPS) is 12.9. The number of hydrogen-bond acceptors (Lipinski definition) is 5. The van der Waals surface area contributed by atoms with Gasteiger partial charge in [-0.05, 0) is 34.4 Å². The Hall–Kier alpha value is -3.36. The Morgan fingerprint density at radius 3 is 2.14 bits per heavy atom. The molecule has 0 bridgehead atoms. The molecule has 148 valence electrons. The number of benzene rings is 3. The highest BCUT2D eigenvalue weighted by molar-refractivity contribution is 7.89. The SMILES string of the molecule is NS(=O)(=O)c1cccc(O)c1NC(=O)OCC1c2ccccc2-c2ccccc21. The summed E-state index contributed by atoms with van der Waals surface area (Å²) in [5.74, 6) is -0.569. The summed E-state index contributed by atoms with van der Waals surface area (Å²) in [6, 6.07) is 19.5. The quantitative estimate of drug-likeness (QED) is 0.570. The fourth-order valence-electron chi connectivity index (χ4n) is 3.62. The van der Waals surface area contributed by atoms with Gasteiger partial charge in [-0.1, -0.05) is 54.6 Å². The van der Waals surface area contributed by atoms with Crippen molar-refractivity contribution in [1.29, 1.82) is 0 Å². The molecule has 0 heterocycles. The lowest BCUT2D eigenvalue weighted by Crippen LogP contribution is -2.21. The van der Waals surface area contributed by atoms with Crippen LogP contribution in [0.4, 0.5) is 10.5 Å². The number of phenols is 1. The van der Waals surface area contributed by atoms with E-state index in [0.29, 0.717) is 0 Å². The largest absolute Gasteiger partial charge is 0.506 e. The summed E-state index contributed by atoms with van der Waals surface area (Å²) in [5, 5.41) is 17.4. The molecule has 0 aromatic heterocycles. The number of para-hydroxylation sites is 1. The van der Waals surface area contributed by atoms with E-state index >= 15 is 0 Å². The van der Waals surface area contributed by atoms with E-state index in [1.54, 1.807) is 0 Å². The van der Waals surface area contributed by atoms with E-state index in [9.17, 15) is 18.3 Å². The number of anilines is 1. The van der Waals surface area contributed by atoms with Crippen LogP contribution in [0.1, 0.15) is 17.0 Å². The highest BCUT2D eigenvalue weighted by atomic mass is 32.2. The van der Waals surface area contributed by atoms with E-state index in [-0.39, 0.29) is 18.2 Å². The molecule has 0 saturated carbocycles. The van der Waals surface area contributed by atoms with Gasteiger partial charge in [0.15, 0.2) is 0 Å². The van der Waals surface area contributed by atoms with Crippen LogP contribution < -0.4 is 10.5 Å². The van der Waals surface area contributed by atoms with Crippen molar-refractivity contribution in [2.45, 2.75) is 10.8 Å². The topological polar surface area (TPSA) is 119 Å². The van der Waals surface area contributed by atoms with Crippen molar-refractivity contribution >= 4 is 21.8 Å². The third-order valence-corrected chi connectivity index (χ3v) is 5.83. The van der Waals surface area contributed by atoms with Gasteiger partial charge in [-0.15, -0.1) is 0 Å². The number of rotatable bonds is 4. The predicted molar refractivity (Wildman–Crippen MR) is 108 cm³/mol. The van der Waals surface area contributed by atoms with Crippen LogP contribution in [0.25, 0.3) is 11.1 Å². The molecule has 1 aliphatic carbocycles. The summed E-state index contributed by atoms with van der Waals surface area (Å²) in [7, 11) is -4.14. The number of fused-ring (bicyclic) bond motifs is 3. The minimum Gasteiger partial charge on any atom is -0.506 e. The summed E-state index contributed by atoms with van der Waals surface area (Å²) in [6.07, 6.45) is -0.890. The number of carbonyl (C=O) groups excluding carboxylic acids is 1. The van der Waals surface area contributed by atoms with E-state index in [1.807, 2.05) is 48.5 Å². The number of aromatic hydroxyl groups is 1. The van der Waals surface area contributed by atoms with E-state index in [0.717, 1.165) is 22.3 Å². The average Bonchev–Trinajstić information content (AvgIpc) is 3.01. The molecule has 0 spiro atoms. The van der Waals surface area contributed by atoms with Crippen molar-refractivity contribution in [2.75, 3.05) is 11.9 Å². The van der Waals surface area contributed by atoms with Gasteiger partial charge in [0.2, 0.25) is 10.0 Å². The van der Waals surface area contributed by atoms with Gasteiger partial charge in [-0.2, -0.15) is 0 Å². The highest BCUT2D eigenvalue weighted by Crippen LogP contribution is 2.44. The lowest BCUT2D eigenvalue weighted by molar-refractivity contribution is 0.158. The zero-order chi connectivity index (χ0) is 20.6. The summed E-state index contributed by atoms with van der Waals surface area (Å²) in [5.41, 5.74) is 3.97. The second kappa shape index (κ2) is 7.23. The maximum Gasteiger partial charge on any atom is 0.411 e. The van der Waals surface area contributed by atoms with Crippen LogP contribution in [0.5, 0.6) is 5.75 Å². The Kier molecular flexibility index (Phi) is 4.73. The molecular weight excluding hydrogens is 392 g/mol. The first-order chi connectivity index (χ1) is 13.9. The Bertz CT molecular complexity index is 1160. The van der Waals surface area contributed by atoms with E-state index in [4.69, 9.17) is 9.88 Å². The minimum atomic E-state index is -4.14. The molecule has 0 radical (unpaired) electrons. The number of hydrogen-bond donors (Lipinski definition) is 3. The lowest BCUT2D eigenvalue weighted by Gasteiger charge is -2.16. The standard InChI is InChI=1S/C21H18N2O5S/c22-29(26,27)19-11-5-10-18(24)20(19)23-21(25)28-12-17-15-8-3-1-6-13(15)14-7-2-4-9-16(14)17/h1-11,17,24H,12H2,(H,23,25)(H2,22,26,27). The molecule has 7 nitrogen and oxygen atoms in total. The van der Waals surface area contributed by atoms with Crippen molar-refractivity contribution in [3.05, 3.63) is 77.9 Å². The molecule has 0 atom stereocenters. The maximum atomic E-state index is 12.3. The zero-order valence-electron chi connectivity index (χ0n) is 15.2. The molecule has 0 unspecified atom stereocenters. The van der Waals surface area contributed by atoms with E-state index < -0.39 is 26.8 Å². The summed E-state index contributed by atoms with van der Waals surface area (Å²) in [4.78, 5) is 11.9. The number of phenolic OH excluding ortho intramolecular Hbond substituents is 1. The van der Waals surface area contributed by atoms with Gasteiger partial charge in [0, 0.05) is 5.92 Å². The van der Waals surface area contributed by atoms with Gasteiger partial charge >= 0.3 is 6.09 Å². The number of nitrogens with one attached hydrogen (secondary N) is 1. The molecule has 8 heteroatoms. The summed E-state index contributed by atoms with van der Waals surface area (Å²) in [6.45, 7) is 0.0537. The van der Waals surface area contributed by atoms with Crippen molar-refractivity contribution < 1.29 is 23.1 Å². The summed E-state index contributed by atoms with van der Waals surface area (Å²) < 4.78 is 28.8. The Labute approximate surface area is 167 Å². The lowest BCUT2D eigenvalue weighted by atomic mass is 9.98. The smallest absolute Gasteiger partial charge is 0.411 e. The van der Waals surface area contributed by atoms with E-state index in [1.165, 1.54) is 18.2 Å². The highest BCUT2D eigenvalue weighted by Gasteiger charge is 2.29. The molecule has 4 N–H and O–H groups in total. The number of nitrogens with two attached hydrogens (primary N) is 1. The summed E-state index contributed by atoms with van der Waals surface area (Å²) >= 11 is 0. The van der Waals surface area contributed by atoms with Gasteiger partial charge in [0.05, 0.1) is 0 Å². The van der Waals surface area contributed by atoms with Gasteiger partial charge < -0.3 is 9.84 Å².